The summed E-state index contributed by atoms with van der Waals surface area (Å²) in [6, 6.07) is 7.20. The number of hydrogen-bond acceptors (Lipinski definition) is 3. The molecule has 0 N–H and O–H groups in total. The molecule has 0 spiro atoms. The van der Waals surface area contributed by atoms with Gasteiger partial charge in [-0.25, -0.2) is 4.68 Å². The van der Waals surface area contributed by atoms with Crippen molar-refractivity contribution in [1.82, 2.24) is 9.66 Å². The molecule has 0 bridgehead atoms. The molecule has 0 saturated heterocycles. The molecule has 0 amide bonds. The fourth-order valence-corrected chi connectivity index (χ4v) is 1.26. The van der Waals surface area contributed by atoms with E-state index in [1.54, 1.807) is 43.9 Å². The van der Waals surface area contributed by atoms with Gasteiger partial charge in [0.2, 0.25) is 0 Å². The van der Waals surface area contributed by atoms with Gasteiger partial charge in [-0.1, -0.05) is 6.07 Å². The summed E-state index contributed by atoms with van der Waals surface area (Å²) in [4.78, 5) is 15.5. The smallest absolute Gasteiger partial charge is 0.267 e. The van der Waals surface area contributed by atoms with Crippen LogP contribution in [0.5, 0.6) is 0 Å². The Morgan fingerprint density at radius 1 is 1.31 bits per heavy atom. The van der Waals surface area contributed by atoms with E-state index >= 15 is 0 Å². The van der Waals surface area contributed by atoms with Gasteiger partial charge in [-0.15, -0.1) is 0 Å². The van der Waals surface area contributed by atoms with Gasteiger partial charge < -0.3 is 0 Å². The van der Waals surface area contributed by atoms with Crippen LogP contribution in [0.3, 0.4) is 0 Å². The van der Waals surface area contributed by atoms with Gasteiger partial charge in [0.15, 0.2) is 0 Å². The van der Waals surface area contributed by atoms with Crippen LogP contribution in [-0.4, -0.2) is 15.9 Å². The Morgan fingerprint density at radius 3 is 2.81 bits per heavy atom. The molecule has 2 rings (SSSR count). The summed E-state index contributed by atoms with van der Waals surface area (Å²) in [6.45, 7) is 1.76. The number of rotatable bonds is 2. The second-order valence-corrected chi connectivity index (χ2v) is 3.37. The molecule has 80 valence electrons. The molecule has 16 heavy (non-hydrogen) atoms. The lowest BCUT2D eigenvalue weighted by Gasteiger charge is -1.98. The van der Waals surface area contributed by atoms with E-state index < -0.39 is 0 Å². The first-order chi connectivity index (χ1) is 7.77. The molecule has 2 aromatic heterocycles. The minimum atomic E-state index is -0.104. The Bertz CT molecular complexity index is 558. The summed E-state index contributed by atoms with van der Waals surface area (Å²) in [5.41, 5.74) is 1.48. The second-order valence-electron chi connectivity index (χ2n) is 3.37. The van der Waals surface area contributed by atoms with Crippen LogP contribution in [0.1, 0.15) is 11.1 Å². The highest BCUT2D eigenvalue weighted by atomic mass is 16.1. The summed E-state index contributed by atoms with van der Waals surface area (Å²) >= 11 is 0. The topological polar surface area (TPSA) is 47.2 Å². The highest BCUT2D eigenvalue weighted by Gasteiger charge is 1.94. The molecule has 4 heteroatoms. The van der Waals surface area contributed by atoms with Crippen LogP contribution in [0.25, 0.3) is 0 Å². The lowest BCUT2D eigenvalue weighted by molar-refractivity contribution is 0.822. The van der Waals surface area contributed by atoms with Gasteiger partial charge >= 0.3 is 0 Å². The second kappa shape index (κ2) is 4.53. The first kappa shape index (κ1) is 10.3. The van der Waals surface area contributed by atoms with Crippen LogP contribution < -0.4 is 5.56 Å². The summed E-state index contributed by atoms with van der Waals surface area (Å²) in [5.74, 6) is 0. The minimum Gasteiger partial charge on any atom is -0.267 e. The van der Waals surface area contributed by atoms with Crippen LogP contribution in [-0.2, 0) is 0 Å². The monoisotopic (exact) mass is 213 g/mol. The SMILES string of the molecule is Cc1cccn(N=Cc2ccncc2)c1=O. The molecule has 0 aliphatic carbocycles. The quantitative estimate of drug-likeness (QED) is 0.708. The van der Waals surface area contributed by atoms with Crippen molar-refractivity contribution in [3.05, 3.63) is 64.3 Å². The summed E-state index contributed by atoms with van der Waals surface area (Å²) in [7, 11) is 0. The normalized spacial score (nSPS) is 10.8. The molecule has 0 aliphatic rings. The Hall–Kier alpha value is -2.23. The first-order valence-electron chi connectivity index (χ1n) is 4.90. The van der Waals surface area contributed by atoms with E-state index in [2.05, 4.69) is 10.1 Å². The van der Waals surface area contributed by atoms with Crippen molar-refractivity contribution >= 4 is 6.21 Å². The average Bonchev–Trinajstić information content (AvgIpc) is 2.32. The summed E-state index contributed by atoms with van der Waals surface area (Å²) in [5, 5.41) is 4.09. The standard InChI is InChI=1S/C12H11N3O/c1-10-3-2-8-15(12(10)16)14-9-11-4-6-13-7-5-11/h2-9H,1H3. The van der Waals surface area contributed by atoms with Gasteiger partial charge in [-0.3, -0.25) is 9.78 Å². The van der Waals surface area contributed by atoms with Gasteiger partial charge in [0.05, 0.1) is 6.21 Å². The maximum absolute atomic E-state index is 11.6. The Kier molecular flexibility index (Phi) is 2.91. The lowest BCUT2D eigenvalue weighted by atomic mass is 10.3. The molecule has 0 unspecified atom stereocenters. The van der Waals surface area contributed by atoms with E-state index in [1.165, 1.54) is 4.68 Å². The molecule has 2 aromatic rings. The fraction of sp³-hybridized carbons (Fsp3) is 0.0833. The lowest BCUT2D eigenvalue weighted by Crippen LogP contribution is -2.17. The molecule has 0 radical (unpaired) electrons. The van der Waals surface area contributed by atoms with E-state index in [-0.39, 0.29) is 5.56 Å². The van der Waals surface area contributed by atoms with Gasteiger partial charge in [0.25, 0.3) is 5.56 Å². The third-order valence-electron chi connectivity index (χ3n) is 2.16. The zero-order valence-electron chi connectivity index (χ0n) is 8.87. The third-order valence-corrected chi connectivity index (χ3v) is 2.16. The highest BCUT2D eigenvalue weighted by Crippen LogP contribution is 1.92. The molecular formula is C12H11N3O. The molecule has 2 heterocycles. The van der Waals surface area contributed by atoms with Gasteiger partial charge in [0.1, 0.15) is 0 Å². The van der Waals surface area contributed by atoms with Crippen LogP contribution >= 0.6 is 0 Å². The maximum atomic E-state index is 11.6. The van der Waals surface area contributed by atoms with Crippen molar-refractivity contribution in [3.8, 4) is 0 Å². The Labute approximate surface area is 92.9 Å². The van der Waals surface area contributed by atoms with E-state index in [9.17, 15) is 4.79 Å². The van der Waals surface area contributed by atoms with Crippen molar-refractivity contribution in [2.24, 2.45) is 5.10 Å². The summed E-state index contributed by atoms with van der Waals surface area (Å²) in [6.07, 6.45) is 6.62. The zero-order chi connectivity index (χ0) is 11.4. The summed E-state index contributed by atoms with van der Waals surface area (Å²) < 4.78 is 1.32. The fourth-order valence-electron chi connectivity index (χ4n) is 1.26. The van der Waals surface area contributed by atoms with Crippen LogP contribution in [0.15, 0.2) is 52.8 Å². The largest absolute Gasteiger partial charge is 0.273 e. The molecular weight excluding hydrogens is 202 g/mol. The molecule has 4 nitrogen and oxygen atoms in total. The van der Waals surface area contributed by atoms with E-state index in [0.29, 0.717) is 5.56 Å². The maximum Gasteiger partial charge on any atom is 0.273 e. The number of hydrogen-bond donors (Lipinski definition) is 0. The van der Waals surface area contributed by atoms with Crippen molar-refractivity contribution in [2.45, 2.75) is 6.92 Å². The first-order valence-corrected chi connectivity index (χ1v) is 4.90. The van der Waals surface area contributed by atoms with Crippen molar-refractivity contribution in [3.63, 3.8) is 0 Å². The molecule has 0 aromatic carbocycles. The van der Waals surface area contributed by atoms with Gasteiger partial charge in [-0.05, 0) is 30.7 Å². The van der Waals surface area contributed by atoms with E-state index in [1.807, 2.05) is 12.1 Å². The molecule has 0 saturated carbocycles. The Morgan fingerprint density at radius 2 is 2.06 bits per heavy atom. The Balaban J connectivity index is 2.32. The average molecular weight is 213 g/mol. The van der Waals surface area contributed by atoms with Crippen molar-refractivity contribution < 1.29 is 0 Å². The minimum absolute atomic E-state index is 0.104. The third kappa shape index (κ3) is 2.23. The van der Waals surface area contributed by atoms with Crippen LogP contribution in [0.4, 0.5) is 0 Å². The predicted octanol–water partition coefficient (Wildman–Crippen LogP) is 1.43. The van der Waals surface area contributed by atoms with Crippen molar-refractivity contribution in [1.29, 1.82) is 0 Å². The van der Waals surface area contributed by atoms with E-state index in [0.717, 1.165) is 5.56 Å². The molecule has 0 fully saturated rings. The molecule has 0 aliphatic heterocycles. The van der Waals surface area contributed by atoms with Crippen LogP contribution in [0.2, 0.25) is 0 Å². The van der Waals surface area contributed by atoms with Gasteiger partial charge in [0, 0.05) is 24.2 Å². The predicted molar refractivity (Wildman–Crippen MR) is 62.7 cm³/mol. The zero-order valence-corrected chi connectivity index (χ0v) is 8.87. The molecule has 0 atom stereocenters. The number of aryl methyl sites for hydroxylation is 1. The highest BCUT2D eigenvalue weighted by molar-refractivity contribution is 5.78. The number of aromatic nitrogens is 2. The van der Waals surface area contributed by atoms with Crippen LogP contribution in [0, 0.1) is 6.92 Å². The number of pyridine rings is 2. The van der Waals surface area contributed by atoms with Crippen molar-refractivity contribution in [2.75, 3.05) is 0 Å². The van der Waals surface area contributed by atoms with E-state index in [4.69, 9.17) is 0 Å². The number of nitrogens with zero attached hydrogens (tertiary/aromatic N) is 3. The van der Waals surface area contributed by atoms with Gasteiger partial charge in [-0.2, -0.15) is 5.10 Å².